The molecular formula is C17H16Cl2N2O2. The highest BCUT2D eigenvalue weighted by molar-refractivity contribution is 6.35. The Morgan fingerprint density at radius 1 is 0.913 bits per heavy atom. The molecule has 2 aromatic rings. The quantitative estimate of drug-likeness (QED) is 0.828. The van der Waals surface area contributed by atoms with E-state index in [1.807, 2.05) is 0 Å². The van der Waals surface area contributed by atoms with Gasteiger partial charge in [-0.25, -0.2) is 0 Å². The number of rotatable bonds is 4. The normalized spacial score (nSPS) is 10.5. The van der Waals surface area contributed by atoms with Crippen LogP contribution in [0.4, 0.5) is 11.4 Å². The summed E-state index contributed by atoms with van der Waals surface area (Å²) in [6.45, 7) is 3.60. The first kappa shape index (κ1) is 17.3. The summed E-state index contributed by atoms with van der Waals surface area (Å²) in [6.07, 6.45) is 0. The Balaban J connectivity index is 2.14. The van der Waals surface area contributed by atoms with Crippen LogP contribution in [0.1, 0.15) is 24.2 Å². The maximum absolute atomic E-state index is 12.3. The standard InChI is InChI=1S/C17H16Cl2N2O2/c1-10(2)16(22)20-14-5-3-4-11(6-14)17(23)21-15-8-12(18)7-13(19)9-15/h3-10H,1-2H3,(H,20,22)(H,21,23). The molecule has 0 spiro atoms. The molecule has 23 heavy (non-hydrogen) atoms. The van der Waals surface area contributed by atoms with Gasteiger partial charge in [0.2, 0.25) is 5.91 Å². The molecule has 0 saturated heterocycles. The molecule has 0 aliphatic heterocycles. The van der Waals surface area contributed by atoms with Crippen molar-refractivity contribution in [2.75, 3.05) is 10.6 Å². The molecule has 2 aromatic carbocycles. The average molecular weight is 351 g/mol. The van der Waals surface area contributed by atoms with E-state index in [9.17, 15) is 9.59 Å². The Bertz CT molecular complexity index is 725. The predicted molar refractivity (Wildman–Crippen MR) is 94.3 cm³/mol. The fraction of sp³-hybridized carbons (Fsp3) is 0.176. The summed E-state index contributed by atoms with van der Waals surface area (Å²) in [5.74, 6) is -0.561. The molecule has 0 heterocycles. The Morgan fingerprint density at radius 2 is 1.57 bits per heavy atom. The number of amides is 2. The lowest BCUT2D eigenvalue weighted by atomic mass is 10.1. The summed E-state index contributed by atoms with van der Waals surface area (Å²) < 4.78 is 0. The Hall–Kier alpha value is -2.04. The number of benzene rings is 2. The highest BCUT2D eigenvalue weighted by Gasteiger charge is 2.11. The van der Waals surface area contributed by atoms with Crippen molar-refractivity contribution in [3.63, 3.8) is 0 Å². The first-order chi connectivity index (χ1) is 10.8. The van der Waals surface area contributed by atoms with Gasteiger partial charge in [-0.15, -0.1) is 0 Å². The van der Waals surface area contributed by atoms with Gasteiger partial charge in [-0.05, 0) is 36.4 Å². The van der Waals surface area contributed by atoms with Crippen LogP contribution in [-0.4, -0.2) is 11.8 Å². The van der Waals surface area contributed by atoms with E-state index in [-0.39, 0.29) is 17.7 Å². The molecule has 0 fully saturated rings. The lowest BCUT2D eigenvalue weighted by molar-refractivity contribution is -0.118. The van der Waals surface area contributed by atoms with E-state index in [4.69, 9.17) is 23.2 Å². The molecule has 2 N–H and O–H groups in total. The molecule has 120 valence electrons. The Labute approximate surface area is 144 Å². The zero-order valence-corrected chi connectivity index (χ0v) is 14.2. The number of carbonyl (C=O) groups is 2. The van der Waals surface area contributed by atoms with Gasteiger partial charge in [0.15, 0.2) is 0 Å². The van der Waals surface area contributed by atoms with E-state index in [0.29, 0.717) is 27.0 Å². The molecule has 0 unspecified atom stereocenters. The minimum atomic E-state index is -0.316. The summed E-state index contributed by atoms with van der Waals surface area (Å²) in [4.78, 5) is 24.0. The SMILES string of the molecule is CC(C)C(=O)Nc1cccc(C(=O)Nc2cc(Cl)cc(Cl)c2)c1. The Kier molecular flexibility index (Phi) is 5.64. The lowest BCUT2D eigenvalue weighted by Gasteiger charge is -2.10. The molecule has 2 amide bonds. The van der Waals surface area contributed by atoms with Crippen molar-refractivity contribution in [3.05, 3.63) is 58.1 Å². The number of anilines is 2. The minimum absolute atomic E-state index is 0.107. The average Bonchev–Trinajstić information content (AvgIpc) is 2.46. The van der Waals surface area contributed by atoms with Gasteiger partial charge in [0, 0.05) is 32.9 Å². The molecule has 0 saturated carbocycles. The van der Waals surface area contributed by atoms with Crippen LogP contribution in [0.2, 0.25) is 10.0 Å². The van der Waals surface area contributed by atoms with Crippen molar-refractivity contribution >= 4 is 46.4 Å². The molecule has 0 aliphatic rings. The van der Waals surface area contributed by atoms with Gasteiger partial charge in [-0.1, -0.05) is 43.1 Å². The van der Waals surface area contributed by atoms with Crippen molar-refractivity contribution in [3.8, 4) is 0 Å². The fourth-order valence-electron chi connectivity index (χ4n) is 1.85. The minimum Gasteiger partial charge on any atom is -0.326 e. The molecule has 2 rings (SSSR count). The van der Waals surface area contributed by atoms with Crippen LogP contribution >= 0.6 is 23.2 Å². The van der Waals surface area contributed by atoms with Gasteiger partial charge in [-0.3, -0.25) is 9.59 Å². The summed E-state index contributed by atoms with van der Waals surface area (Å²) in [5, 5.41) is 6.35. The molecule has 0 atom stereocenters. The van der Waals surface area contributed by atoms with Gasteiger partial charge < -0.3 is 10.6 Å². The zero-order valence-electron chi connectivity index (χ0n) is 12.7. The maximum atomic E-state index is 12.3. The van der Waals surface area contributed by atoms with Crippen LogP contribution in [0.3, 0.4) is 0 Å². The Morgan fingerprint density at radius 3 is 2.17 bits per heavy atom. The lowest BCUT2D eigenvalue weighted by Crippen LogP contribution is -2.18. The van der Waals surface area contributed by atoms with Crippen LogP contribution < -0.4 is 10.6 Å². The first-order valence-electron chi connectivity index (χ1n) is 7.03. The summed E-state index contributed by atoms with van der Waals surface area (Å²) in [6, 6.07) is 11.5. The van der Waals surface area contributed by atoms with Crippen molar-refractivity contribution in [1.82, 2.24) is 0 Å². The van der Waals surface area contributed by atoms with Gasteiger partial charge in [0.25, 0.3) is 5.91 Å². The van der Waals surface area contributed by atoms with E-state index in [1.165, 1.54) is 0 Å². The zero-order chi connectivity index (χ0) is 17.0. The highest BCUT2D eigenvalue weighted by Crippen LogP contribution is 2.23. The topological polar surface area (TPSA) is 58.2 Å². The molecule has 0 aliphatic carbocycles. The van der Waals surface area contributed by atoms with Gasteiger partial charge >= 0.3 is 0 Å². The van der Waals surface area contributed by atoms with Crippen LogP contribution in [0.25, 0.3) is 0 Å². The molecule has 0 aromatic heterocycles. The second-order valence-electron chi connectivity index (χ2n) is 5.34. The third-order valence-corrected chi connectivity index (χ3v) is 3.47. The molecule has 6 heteroatoms. The van der Waals surface area contributed by atoms with Gasteiger partial charge in [-0.2, -0.15) is 0 Å². The van der Waals surface area contributed by atoms with Gasteiger partial charge in [0.1, 0.15) is 0 Å². The van der Waals surface area contributed by atoms with E-state index in [2.05, 4.69) is 10.6 Å². The predicted octanol–water partition coefficient (Wildman–Crippen LogP) is 4.84. The number of carbonyl (C=O) groups excluding carboxylic acids is 2. The fourth-order valence-corrected chi connectivity index (χ4v) is 2.38. The first-order valence-corrected chi connectivity index (χ1v) is 7.79. The highest BCUT2D eigenvalue weighted by atomic mass is 35.5. The molecule has 0 radical (unpaired) electrons. The van der Waals surface area contributed by atoms with Gasteiger partial charge in [0.05, 0.1) is 0 Å². The number of halogens is 2. The summed E-state index contributed by atoms with van der Waals surface area (Å²) in [7, 11) is 0. The van der Waals surface area contributed by atoms with Crippen LogP contribution in [-0.2, 0) is 4.79 Å². The van der Waals surface area contributed by atoms with Crippen LogP contribution in [0, 0.1) is 5.92 Å². The summed E-state index contributed by atoms with van der Waals surface area (Å²) >= 11 is 11.8. The van der Waals surface area contributed by atoms with Crippen molar-refractivity contribution in [1.29, 1.82) is 0 Å². The summed E-state index contributed by atoms with van der Waals surface area (Å²) in [5.41, 5.74) is 1.49. The largest absolute Gasteiger partial charge is 0.326 e. The monoisotopic (exact) mass is 350 g/mol. The van der Waals surface area contributed by atoms with E-state index in [0.717, 1.165) is 0 Å². The third-order valence-electron chi connectivity index (χ3n) is 3.04. The second-order valence-corrected chi connectivity index (χ2v) is 6.21. The molecule has 0 bridgehead atoms. The number of hydrogen-bond donors (Lipinski definition) is 2. The van der Waals surface area contributed by atoms with Crippen LogP contribution in [0.5, 0.6) is 0 Å². The number of hydrogen-bond acceptors (Lipinski definition) is 2. The van der Waals surface area contributed by atoms with E-state index < -0.39 is 0 Å². The smallest absolute Gasteiger partial charge is 0.255 e. The van der Waals surface area contributed by atoms with Crippen molar-refractivity contribution < 1.29 is 9.59 Å². The van der Waals surface area contributed by atoms with Crippen LogP contribution in [0.15, 0.2) is 42.5 Å². The third kappa shape index (κ3) is 4.98. The molecule has 4 nitrogen and oxygen atoms in total. The second kappa shape index (κ2) is 7.49. The number of nitrogens with one attached hydrogen (secondary N) is 2. The van der Waals surface area contributed by atoms with Crippen molar-refractivity contribution in [2.45, 2.75) is 13.8 Å². The maximum Gasteiger partial charge on any atom is 0.255 e. The molecular weight excluding hydrogens is 335 g/mol. The van der Waals surface area contributed by atoms with Crippen molar-refractivity contribution in [2.24, 2.45) is 5.92 Å². The van der Waals surface area contributed by atoms with E-state index >= 15 is 0 Å². The van der Waals surface area contributed by atoms with E-state index in [1.54, 1.807) is 56.3 Å².